The maximum Gasteiger partial charge on any atom is 0.416 e. The van der Waals surface area contributed by atoms with Gasteiger partial charge in [0.25, 0.3) is 5.91 Å². The number of imidazole rings is 1. The van der Waals surface area contributed by atoms with Gasteiger partial charge in [-0.1, -0.05) is 42.1 Å². The second-order valence-corrected chi connectivity index (χ2v) is 8.11. The van der Waals surface area contributed by atoms with Crippen LogP contribution in [0.15, 0.2) is 53.7 Å². The van der Waals surface area contributed by atoms with Crippen molar-refractivity contribution in [2.24, 2.45) is 0 Å². The molecule has 0 aliphatic heterocycles. The number of rotatable bonds is 7. The van der Waals surface area contributed by atoms with Crippen LogP contribution in [-0.4, -0.2) is 34.3 Å². The van der Waals surface area contributed by atoms with Crippen LogP contribution in [0.1, 0.15) is 44.5 Å². The number of alkyl halides is 6. The Bertz CT molecular complexity index is 1220. The third kappa shape index (κ3) is 6.20. The number of ether oxygens (including phenoxy) is 1. The molecule has 2 aromatic carbocycles. The summed E-state index contributed by atoms with van der Waals surface area (Å²) in [6.45, 7) is 1.65. The molecule has 3 aromatic rings. The van der Waals surface area contributed by atoms with Gasteiger partial charge in [0.2, 0.25) is 0 Å². The molecule has 0 aliphatic rings. The fourth-order valence-corrected chi connectivity index (χ4v) is 3.82. The van der Waals surface area contributed by atoms with Crippen molar-refractivity contribution < 1.29 is 40.7 Å². The molecule has 0 saturated carbocycles. The summed E-state index contributed by atoms with van der Waals surface area (Å²) in [6, 6.07) is 9.39. The quantitative estimate of drug-likeness (QED) is 0.226. The molecule has 0 atom stereocenters. The van der Waals surface area contributed by atoms with Crippen LogP contribution in [-0.2, 0) is 23.6 Å². The molecule has 192 valence electrons. The predicted molar refractivity (Wildman–Crippen MR) is 120 cm³/mol. The number of esters is 1. The van der Waals surface area contributed by atoms with Crippen LogP contribution in [0, 0.1) is 0 Å². The van der Waals surface area contributed by atoms with Crippen LogP contribution in [0.4, 0.5) is 32.2 Å². The van der Waals surface area contributed by atoms with Crippen molar-refractivity contribution in [1.82, 2.24) is 9.55 Å². The summed E-state index contributed by atoms with van der Waals surface area (Å²) in [6.07, 6.45) is -8.61. The van der Waals surface area contributed by atoms with Gasteiger partial charge in [-0.05, 0) is 36.9 Å². The van der Waals surface area contributed by atoms with Gasteiger partial charge in [-0.25, -0.2) is 9.78 Å². The number of nitrogens with one attached hydrogen (secondary N) is 1. The van der Waals surface area contributed by atoms with E-state index < -0.39 is 40.9 Å². The molecule has 0 radical (unpaired) electrons. The Morgan fingerprint density at radius 3 is 2.08 bits per heavy atom. The molecular formula is C23H19F6N3O3S. The average Bonchev–Trinajstić information content (AvgIpc) is 3.15. The predicted octanol–water partition coefficient (Wildman–Crippen LogP) is 6.12. The van der Waals surface area contributed by atoms with E-state index in [2.05, 4.69) is 10.3 Å². The molecule has 1 aromatic heterocycles. The summed E-state index contributed by atoms with van der Waals surface area (Å²) in [4.78, 5) is 29.8. The van der Waals surface area contributed by atoms with E-state index in [0.29, 0.717) is 12.1 Å². The molecule has 13 heteroatoms. The number of anilines is 1. The van der Waals surface area contributed by atoms with E-state index in [9.17, 15) is 35.9 Å². The third-order valence-electron chi connectivity index (χ3n) is 4.85. The number of amides is 1. The highest BCUT2D eigenvalue weighted by atomic mass is 32.2. The fraction of sp³-hybridized carbons (Fsp3) is 0.261. The van der Waals surface area contributed by atoms with E-state index in [4.69, 9.17) is 4.74 Å². The molecule has 1 amide bonds. The summed E-state index contributed by atoms with van der Waals surface area (Å²) in [5.74, 6) is -2.55. The zero-order chi connectivity index (χ0) is 26.7. The molecule has 0 fully saturated rings. The van der Waals surface area contributed by atoms with Gasteiger partial charge >= 0.3 is 18.3 Å². The number of halogens is 6. The topological polar surface area (TPSA) is 73.2 Å². The monoisotopic (exact) mass is 531 g/mol. The van der Waals surface area contributed by atoms with Gasteiger partial charge in [-0.2, -0.15) is 26.3 Å². The van der Waals surface area contributed by atoms with Crippen molar-refractivity contribution in [2.75, 3.05) is 18.2 Å². The average molecular weight is 531 g/mol. The van der Waals surface area contributed by atoms with Crippen LogP contribution in [0.25, 0.3) is 0 Å². The van der Waals surface area contributed by atoms with Crippen LogP contribution >= 0.6 is 11.8 Å². The van der Waals surface area contributed by atoms with Crippen molar-refractivity contribution in [3.05, 3.63) is 76.5 Å². The Balaban J connectivity index is 2.08. The van der Waals surface area contributed by atoms with Crippen molar-refractivity contribution in [3.8, 4) is 0 Å². The lowest BCUT2D eigenvalue weighted by molar-refractivity contribution is -0.143. The molecule has 3 rings (SSSR count). The minimum atomic E-state index is -5.13. The van der Waals surface area contributed by atoms with E-state index in [1.54, 1.807) is 43.5 Å². The van der Waals surface area contributed by atoms with Crippen molar-refractivity contribution in [2.45, 2.75) is 31.0 Å². The Morgan fingerprint density at radius 2 is 1.58 bits per heavy atom. The van der Waals surface area contributed by atoms with E-state index in [-0.39, 0.29) is 35.9 Å². The Labute approximate surface area is 205 Å². The molecule has 1 N–H and O–H groups in total. The van der Waals surface area contributed by atoms with Gasteiger partial charge in [0.05, 0.1) is 24.3 Å². The molecule has 6 nitrogen and oxygen atoms in total. The van der Waals surface area contributed by atoms with Gasteiger partial charge in [-0.15, -0.1) is 0 Å². The maximum absolute atomic E-state index is 13.2. The highest BCUT2D eigenvalue weighted by Crippen LogP contribution is 2.36. The lowest BCUT2D eigenvalue weighted by Crippen LogP contribution is -2.20. The molecular weight excluding hydrogens is 512 g/mol. The number of aromatic nitrogens is 2. The smallest absolute Gasteiger partial charge is 0.416 e. The standard InChI is InChI=1S/C23H19F6N3O3S/c1-3-35-20(34)17-18(31-21(36-2)32(17)12-13-7-5-4-6-8-13)30-19(33)14-9-15(22(24,25)26)11-16(10-14)23(27,28)29/h4-11H,3,12H2,1-2H3,(H,30,33). The van der Waals surface area contributed by atoms with E-state index in [0.717, 1.165) is 17.3 Å². The SMILES string of the molecule is CCOC(=O)c1c(NC(=O)c2cc(C(F)(F)F)cc(C(F)(F)F)c2)nc(SC)n1Cc1ccccc1. The molecule has 0 bridgehead atoms. The van der Waals surface area contributed by atoms with Gasteiger partial charge in [0, 0.05) is 5.56 Å². The van der Waals surface area contributed by atoms with Gasteiger partial charge in [0.1, 0.15) is 0 Å². The third-order valence-corrected chi connectivity index (χ3v) is 5.53. The first-order valence-electron chi connectivity index (χ1n) is 10.3. The second kappa shape index (κ2) is 10.6. The number of thioether (sulfide) groups is 1. The summed E-state index contributed by atoms with van der Waals surface area (Å²) in [5, 5.41) is 2.45. The number of hydrogen-bond donors (Lipinski definition) is 1. The second-order valence-electron chi connectivity index (χ2n) is 7.34. The number of carbonyl (C=O) groups excluding carboxylic acids is 2. The Hall–Kier alpha value is -3.48. The van der Waals surface area contributed by atoms with E-state index in [1.165, 1.54) is 4.57 Å². The molecule has 0 saturated heterocycles. The summed E-state index contributed by atoms with van der Waals surface area (Å²) >= 11 is 1.11. The van der Waals surface area contributed by atoms with Crippen LogP contribution in [0.5, 0.6) is 0 Å². The highest BCUT2D eigenvalue weighted by molar-refractivity contribution is 7.98. The zero-order valence-corrected chi connectivity index (χ0v) is 19.6. The summed E-state index contributed by atoms with van der Waals surface area (Å²) < 4.78 is 85.8. The maximum atomic E-state index is 13.2. The first kappa shape index (κ1) is 27.1. The minimum absolute atomic E-state index is 0.0279. The van der Waals surface area contributed by atoms with Gasteiger partial charge in [0.15, 0.2) is 16.7 Å². The fourth-order valence-electron chi connectivity index (χ4n) is 3.26. The highest BCUT2D eigenvalue weighted by Gasteiger charge is 2.38. The normalized spacial score (nSPS) is 11.9. The zero-order valence-electron chi connectivity index (χ0n) is 18.8. The van der Waals surface area contributed by atoms with Gasteiger partial charge in [-0.3, -0.25) is 4.79 Å². The Morgan fingerprint density at radius 1 is 1.00 bits per heavy atom. The van der Waals surface area contributed by atoms with Crippen LogP contribution in [0.2, 0.25) is 0 Å². The molecule has 0 spiro atoms. The van der Waals surface area contributed by atoms with Crippen molar-refractivity contribution in [3.63, 3.8) is 0 Å². The molecule has 0 unspecified atom stereocenters. The molecule has 0 aliphatic carbocycles. The first-order valence-corrected chi connectivity index (χ1v) is 11.5. The largest absolute Gasteiger partial charge is 0.461 e. The molecule has 1 heterocycles. The van der Waals surface area contributed by atoms with E-state index >= 15 is 0 Å². The summed E-state index contributed by atoms with van der Waals surface area (Å²) in [5.41, 5.74) is -3.64. The number of benzene rings is 2. The minimum Gasteiger partial charge on any atom is -0.461 e. The Kier molecular flexibility index (Phi) is 8.02. The van der Waals surface area contributed by atoms with E-state index in [1.807, 2.05) is 0 Å². The number of carbonyl (C=O) groups is 2. The lowest BCUT2D eigenvalue weighted by Gasteiger charge is -2.14. The first-order chi connectivity index (χ1) is 16.8. The summed E-state index contributed by atoms with van der Waals surface area (Å²) in [7, 11) is 0. The van der Waals surface area contributed by atoms with Crippen LogP contribution in [0.3, 0.4) is 0 Å². The number of nitrogens with zero attached hydrogens (tertiary/aromatic N) is 2. The lowest BCUT2D eigenvalue weighted by atomic mass is 10.0. The number of hydrogen-bond acceptors (Lipinski definition) is 5. The van der Waals surface area contributed by atoms with Crippen molar-refractivity contribution >= 4 is 29.5 Å². The van der Waals surface area contributed by atoms with Gasteiger partial charge < -0.3 is 14.6 Å². The molecule has 36 heavy (non-hydrogen) atoms. The van der Waals surface area contributed by atoms with Crippen LogP contribution < -0.4 is 5.32 Å². The van der Waals surface area contributed by atoms with Crippen molar-refractivity contribution in [1.29, 1.82) is 0 Å².